The normalized spacial score (nSPS) is 14.5. The number of nitrogens with one attached hydrogen (secondary N) is 1. The molecule has 1 amide bonds. The number of hydrogen-bond donors (Lipinski definition) is 1. The molecule has 1 aliphatic rings. The van der Waals surface area contributed by atoms with Gasteiger partial charge in [-0.05, 0) is 49.9 Å². The number of rotatable bonds is 10. The molecule has 31 heavy (non-hydrogen) atoms. The Morgan fingerprint density at radius 1 is 1.19 bits per heavy atom. The molecular weight excluding hydrogens is 410 g/mol. The van der Waals surface area contributed by atoms with Crippen LogP contribution in [0.3, 0.4) is 0 Å². The predicted molar refractivity (Wildman–Crippen MR) is 126 cm³/mol. The summed E-state index contributed by atoms with van der Waals surface area (Å²) in [5, 5.41) is 3.76. The molecule has 7 nitrogen and oxygen atoms in total. The van der Waals surface area contributed by atoms with Gasteiger partial charge in [-0.15, -0.1) is 0 Å². The third-order valence-electron chi connectivity index (χ3n) is 5.51. The van der Waals surface area contributed by atoms with Crippen molar-refractivity contribution in [1.82, 2.24) is 20.2 Å². The van der Waals surface area contributed by atoms with Crippen LogP contribution in [-0.2, 0) is 6.42 Å². The maximum Gasteiger partial charge on any atom is 0.254 e. The van der Waals surface area contributed by atoms with Crippen molar-refractivity contribution in [2.24, 2.45) is 0 Å². The summed E-state index contributed by atoms with van der Waals surface area (Å²) in [6, 6.07) is 8.25. The molecule has 3 rings (SSSR count). The van der Waals surface area contributed by atoms with E-state index in [2.05, 4.69) is 44.1 Å². The molecule has 1 N–H and O–H groups in total. The minimum Gasteiger partial charge on any atom is -0.497 e. The highest BCUT2D eigenvalue weighted by Gasteiger charge is 2.17. The predicted octanol–water partition coefficient (Wildman–Crippen LogP) is 3.10. The fourth-order valence-corrected chi connectivity index (χ4v) is 4.10. The zero-order chi connectivity index (χ0) is 22.1. The highest BCUT2D eigenvalue weighted by Crippen LogP contribution is 2.20. The second-order valence-corrected chi connectivity index (χ2v) is 8.38. The maximum atomic E-state index is 12.6. The lowest BCUT2D eigenvalue weighted by Crippen LogP contribution is -2.47. The van der Waals surface area contributed by atoms with Gasteiger partial charge in [-0.25, -0.2) is 9.97 Å². The molecule has 1 saturated heterocycles. The molecule has 0 radical (unpaired) electrons. The van der Waals surface area contributed by atoms with Gasteiger partial charge in [0, 0.05) is 44.6 Å². The number of methoxy groups -OCH3 is 1. The van der Waals surface area contributed by atoms with Gasteiger partial charge in [0.15, 0.2) is 5.16 Å². The van der Waals surface area contributed by atoms with E-state index < -0.39 is 0 Å². The van der Waals surface area contributed by atoms with E-state index in [1.165, 1.54) is 17.4 Å². The molecule has 168 valence electrons. The first-order valence-electron chi connectivity index (χ1n) is 10.9. The van der Waals surface area contributed by atoms with Crippen molar-refractivity contribution in [3.63, 3.8) is 0 Å². The van der Waals surface area contributed by atoms with Gasteiger partial charge in [0.05, 0.1) is 18.4 Å². The average molecular weight is 444 g/mol. The molecule has 8 heteroatoms. The third kappa shape index (κ3) is 6.58. The third-order valence-corrected chi connectivity index (χ3v) is 6.07. The number of nitrogens with zero attached hydrogens (tertiary/aromatic N) is 4. The minimum atomic E-state index is -0.0690. The summed E-state index contributed by atoms with van der Waals surface area (Å²) in [6.07, 6.45) is 6.28. The highest BCUT2D eigenvalue weighted by atomic mass is 32.2. The van der Waals surface area contributed by atoms with E-state index in [0.717, 1.165) is 63.4 Å². The first kappa shape index (κ1) is 23.3. The number of aryl methyl sites for hydroxylation is 1. The zero-order valence-electron chi connectivity index (χ0n) is 18.8. The number of anilines is 1. The molecule has 1 aliphatic heterocycles. The average Bonchev–Trinajstić information content (AvgIpc) is 2.82. The van der Waals surface area contributed by atoms with E-state index in [9.17, 15) is 4.79 Å². The van der Waals surface area contributed by atoms with Gasteiger partial charge in [0.25, 0.3) is 5.91 Å². The molecule has 0 aliphatic carbocycles. The fourth-order valence-electron chi connectivity index (χ4n) is 3.74. The summed E-state index contributed by atoms with van der Waals surface area (Å²) in [4.78, 5) is 26.3. The summed E-state index contributed by atoms with van der Waals surface area (Å²) >= 11 is 1.50. The van der Waals surface area contributed by atoms with Crippen molar-refractivity contribution in [3.05, 3.63) is 41.7 Å². The van der Waals surface area contributed by atoms with E-state index in [4.69, 9.17) is 4.74 Å². The minimum absolute atomic E-state index is 0.0690. The smallest absolute Gasteiger partial charge is 0.254 e. The van der Waals surface area contributed by atoms with Crippen molar-refractivity contribution < 1.29 is 9.53 Å². The van der Waals surface area contributed by atoms with Crippen LogP contribution in [-0.4, -0.2) is 73.4 Å². The topological polar surface area (TPSA) is 70.6 Å². The number of piperazine rings is 1. The van der Waals surface area contributed by atoms with E-state index in [0.29, 0.717) is 17.3 Å². The van der Waals surface area contributed by atoms with Gasteiger partial charge in [-0.3, -0.25) is 9.69 Å². The number of carbonyl (C=O) groups is 1. The van der Waals surface area contributed by atoms with Crippen molar-refractivity contribution >= 4 is 23.4 Å². The molecule has 2 heterocycles. The largest absolute Gasteiger partial charge is 0.497 e. The molecule has 2 aromatic rings. The van der Waals surface area contributed by atoms with Crippen LogP contribution < -0.4 is 15.0 Å². The van der Waals surface area contributed by atoms with Crippen LogP contribution in [0.1, 0.15) is 35.8 Å². The van der Waals surface area contributed by atoms with Gasteiger partial charge in [-0.1, -0.05) is 25.1 Å². The van der Waals surface area contributed by atoms with Gasteiger partial charge < -0.3 is 15.0 Å². The van der Waals surface area contributed by atoms with Crippen LogP contribution in [0.15, 0.2) is 35.6 Å². The summed E-state index contributed by atoms with van der Waals surface area (Å²) in [5.41, 5.74) is 2.69. The fraction of sp³-hybridized carbons (Fsp3) is 0.522. The summed E-state index contributed by atoms with van der Waals surface area (Å²) in [7, 11) is 1.69. The number of carbonyl (C=O) groups excluding carboxylic acids is 1. The van der Waals surface area contributed by atoms with Gasteiger partial charge in [-0.2, -0.15) is 0 Å². The lowest BCUT2D eigenvalue weighted by Gasteiger charge is -2.36. The van der Waals surface area contributed by atoms with E-state index in [1.807, 2.05) is 18.4 Å². The van der Waals surface area contributed by atoms with Crippen LogP contribution in [0.2, 0.25) is 0 Å². The zero-order valence-corrected chi connectivity index (χ0v) is 19.6. The Morgan fingerprint density at radius 3 is 2.58 bits per heavy atom. The first-order valence-corrected chi connectivity index (χ1v) is 12.2. The Morgan fingerprint density at radius 2 is 1.94 bits per heavy atom. The van der Waals surface area contributed by atoms with Crippen LogP contribution in [0.5, 0.6) is 5.75 Å². The number of thioether (sulfide) groups is 1. The summed E-state index contributed by atoms with van der Waals surface area (Å²) in [6.45, 7) is 7.83. The van der Waals surface area contributed by atoms with E-state index >= 15 is 0 Å². The number of benzene rings is 1. The molecule has 0 unspecified atom stereocenters. The Kier molecular flexibility index (Phi) is 8.97. The number of hydrogen-bond acceptors (Lipinski definition) is 7. The molecular formula is C23H33N5O2S. The maximum absolute atomic E-state index is 12.6. The van der Waals surface area contributed by atoms with Gasteiger partial charge in [0.1, 0.15) is 5.75 Å². The number of aromatic nitrogens is 2. The SMILES string of the molecule is CCCc1nc(SC)ncc1C(=O)NCCCN1CCN(c2ccc(OC)cc2)CC1. The Hall–Kier alpha value is -2.32. The second-order valence-electron chi connectivity index (χ2n) is 7.60. The first-order chi connectivity index (χ1) is 15.1. The van der Waals surface area contributed by atoms with Crippen molar-refractivity contribution in [2.45, 2.75) is 31.3 Å². The Bertz CT molecular complexity index is 838. The molecule has 0 saturated carbocycles. The molecule has 1 aromatic carbocycles. The van der Waals surface area contributed by atoms with Crippen LogP contribution in [0, 0.1) is 0 Å². The standard InChI is InChI=1S/C23H33N5O2S/c1-4-6-21-20(17-25-23(26-21)31-3)22(29)24-11-5-12-27-13-15-28(16-14-27)18-7-9-19(30-2)10-8-18/h7-10,17H,4-6,11-16H2,1-3H3,(H,24,29). The van der Waals surface area contributed by atoms with Crippen molar-refractivity contribution in [3.8, 4) is 5.75 Å². The summed E-state index contributed by atoms with van der Waals surface area (Å²) < 4.78 is 5.24. The van der Waals surface area contributed by atoms with Gasteiger partial charge >= 0.3 is 0 Å². The van der Waals surface area contributed by atoms with Crippen molar-refractivity contribution in [2.75, 3.05) is 57.5 Å². The second kappa shape index (κ2) is 11.9. The van der Waals surface area contributed by atoms with Crippen LogP contribution in [0.25, 0.3) is 0 Å². The molecule has 1 aromatic heterocycles. The van der Waals surface area contributed by atoms with E-state index in [1.54, 1.807) is 13.3 Å². The van der Waals surface area contributed by atoms with Crippen LogP contribution in [0.4, 0.5) is 5.69 Å². The Balaban J connectivity index is 1.40. The number of amides is 1. The number of ether oxygens (including phenoxy) is 1. The van der Waals surface area contributed by atoms with Crippen molar-refractivity contribution in [1.29, 1.82) is 0 Å². The quantitative estimate of drug-likeness (QED) is 0.344. The Labute approximate surface area is 189 Å². The lowest BCUT2D eigenvalue weighted by molar-refractivity contribution is 0.0949. The van der Waals surface area contributed by atoms with Gasteiger partial charge in [0.2, 0.25) is 0 Å². The monoisotopic (exact) mass is 443 g/mol. The molecule has 0 spiro atoms. The molecule has 1 fully saturated rings. The summed E-state index contributed by atoms with van der Waals surface area (Å²) in [5.74, 6) is 0.818. The lowest BCUT2D eigenvalue weighted by atomic mass is 10.1. The molecule has 0 atom stereocenters. The molecule has 0 bridgehead atoms. The highest BCUT2D eigenvalue weighted by molar-refractivity contribution is 7.98. The van der Waals surface area contributed by atoms with Crippen LogP contribution >= 0.6 is 11.8 Å². The van der Waals surface area contributed by atoms with E-state index in [-0.39, 0.29) is 5.91 Å².